The van der Waals surface area contributed by atoms with Crippen molar-refractivity contribution in [2.45, 2.75) is 19.3 Å². The molecule has 4 heteroatoms. The highest BCUT2D eigenvalue weighted by Gasteiger charge is 2.19. The van der Waals surface area contributed by atoms with Gasteiger partial charge in [-0.25, -0.2) is 4.99 Å². The summed E-state index contributed by atoms with van der Waals surface area (Å²) in [6.07, 6.45) is 9.64. The van der Waals surface area contributed by atoms with Crippen molar-refractivity contribution in [1.29, 1.82) is 0 Å². The molecular weight excluding hydrogens is 284 g/mol. The van der Waals surface area contributed by atoms with Gasteiger partial charge in [0.25, 0.3) is 0 Å². The second kappa shape index (κ2) is 6.59. The molecule has 1 saturated heterocycles. The Bertz CT molecular complexity index is 720. The summed E-state index contributed by atoms with van der Waals surface area (Å²) >= 11 is 0. The van der Waals surface area contributed by atoms with Crippen LogP contribution in [0.2, 0.25) is 0 Å². The molecule has 2 aliphatic rings. The molecule has 3 heterocycles. The molecule has 4 nitrogen and oxygen atoms in total. The van der Waals surface area contributed by atoms with E-state index in [0.29, 0.717) is 0 Å². The summed E-state index contributed by atoms with van der Waals surface area (Å²) in [5, 5.41) is 1.38. The maximum Gasteiger partial charge on any atom is 0.108 e. The second-order valence-corrected chi connectivity index (χ2v) is 6.43. The van der Waals surface area contributed by atoms with E-state index in [1.807, 2.05) is 6.20 Å². The van der Waals surface area contributed by atoms with Gasteiger partial charge in [0.15, 0.2) is 0 Å². The predicted octanol–water partition coefficient (Wildman–Crippen LogP) is 3.03. The van der Waals surface area contributed by atoms with Crippen molar-refractivity contribution in [2.24, 2.45) is 4.99 Å². The molecule has 0 amide bonds. The third-order valence-corrected chi connectivity index (χ3v) is 4.96. The number of nitrogens with one attached hydrogen (secondary N) is 1. The van der Waals surface area contributed by atoms with Gasteiger partial charge in [-0.1, -0.05) is 24.3 Å². The minimum atomic E-state index is 1.01. The van der Waals surface area contributed by atoms with Gasteiger partial charge in [0.05, 0.1) is 0 Å². The number of nitrogens with zero attached hydrogens (tertiary/aromatic N) is 3. The summed E-state index contributed by atoms with van der Waals surface area (Å²) in [4.78, 5) is 12.9. The number of hydrogen-bond acceptors (Lipinski definition) is 3. The van der Waals surface area contributed by atoms with Crippen LogP contribution in [0.5, 0.6) is 0 Å². The Labute approximate surface area is 137 Å². The monoisotopic (exact) mass is 308 g/mol. The quantitative estimate of drug-likeness (QED) is 0.942. The molecule has 1 fully saturated rings. The van der Waals surface area contributed by atoms with Crippen LogP contribution in [0.1, 0.15) is 18.4 Å². The smallest absolute Gasteiger partial charge is 0.108 e. The van der Waals surface area contributed by atoms with Gasteiger partial charge in [0.2, 0.25) is 0 Å². The number of hydrogen-bond donors (Lipinski definition) is 1. The highest BCUT2D eigenvalue weighted by atomic mass is 15.3. The molecule has 0 aliphatic carbocycles. The van der Waals surface area contributed by atoms with Crippen molar-refractivity contribution in [3.63, 3.8) is 0 Å². The van der Waals surface area contributed by atoms with Crippen molar-refractivity contribution in [3.05, 3.63) is 48.3 Å². The largest absolute Gasteiger partial charge is 0.361 e. The van der Waals surface area contributed by atoms with Crippen LogP contribution in [0.4, 0.5) is 0 Å². The summed E-state index contributed by atoms with van der Waals surface area (Å²) < 4.78 is 0. The highest BCUT2D eigenvalue weighted by molar-refractivity contribution is 5.86. The third-order valence-electron chi connectivity index (χ3n) is 4.96. The summed E-state index contributed by atoms with van der Waals surface area (Å²) in [5.74, 6) is 1.25. The number of H-pyrrole nitrogens is 1. The lowest BCUT2D eigenvalue weighted by Gasteiger charge is -2.35. The first kappa shape index (κ1) is 14.5. The Morgan fingerprint density at radius 1 is 1.09 bits per heavy atom. The molecule has 0 bridgehead atoms. The minimum absolute atomic E-state index is 1.01. The van der Waals surface area contributed by atoms with Crippen LogP contribution in [0.15, 0.2) is 47.7 Å². The molecule has 2 aromatic rings. The predicted molar refractivity (Wildman–Crippen MR) is 95.8 cm³/mol. The van der Waals surface area contributed by atoms with Crippen LogP contribution < -0.4 is 0 Å². The minimum Gasteiger partial charge on any atom is -0.361 e. The van der Waals surface area contributed by atoms with Gasteiger partial charge in [-0.05, 0) is 31.0 Å². The molecule has 0 unspecified atom stereocenters. The Morgan fingerprint density at radius 3 is 2.78 bits per heavy atom. The number of aryl methyl sites for hydroxylation is 1. The van der Waals surface area contributed by atoms with E-state index in [4.69, 9.17) is 0 Å². The fourth-order valence-corrected chi connectivity index (χ4v) is 3.62. The number of aromatic nitrogens is 1. The number of rotatable bonds is 4. The molecule has 0 saturated carbocycles. The number of amidine groups is 1. The Balaban J connectivity index is 1.24. The maximum absolute atomic E-state index is 4.45. The molecular formula is C19H24N4. The first-order valence-corrected chi connectivity index (χ1v) is 8.64. The van der Waals surface area contributed by atoms with E-state index >= 15 is 0 Å². The van der Waals surface area contributed by atoms with Gasteiger partial charge in [-0.3, -0.25) is 4.90 Å². The summed E-state index contributed by atoms with van der Waals surface area (Å²) in [5.41, 5.74) is 2.70. The number of para-hydroxylation sites is 1. The van der Waals surface area contributed by atoms with Crippen molar-refractivity contribution in [3.8, 4) is 0 Å². The Morgan fingerprint density at radius 2 is 1.96 bits per heavy atom. The molecule has 2 aliphatic heterocycles. The van der Waals surface area contributed by atoms with E-state index in [-0.39, 0.29) is 0 Å². The van der Waals surface area contributed by atoms with Crippen LogP contribution >= 0.6 is 0 Å². The fraction of sp³-hybridized carbons (Fsp3) is 0.421. The molecule has 0 radical (unpaired) electrons. The summed E-state index contributed by atoms with van der Waals surface area (Å²) in [6.45, 7) is 5.75. The fourth-order valence-electron chi connectivity index (χ4n) is 3.62. The second-order valence-electron chi connectivity index (χ2n) is 6.43. The van der Waals surface area contributed by atoms with E-state index in [9.17, 15) is 0 Å². The molecule has 4 rings (SSSR count). The number of aliphatic imine (C=N–C) groups is 1. The Kier molecular flexibility index (Phi) is 4.16. The van der Waals surface area contributed by atoms with E-state index in [0.717, 1.165) is 39.0 Å². The zero-order valence-corrected chi connectivity index (χ0v) is 13.5. The van der Waals surface area contributed by atoms with Crippen LogP contribution in [0.25, 0.3) is 10.9 Å². The molecule has 0 spiro atoms. The average Bonchev–Trinajstić information content (AvgIpc) is 3.26. The lowest BCUT2D eigenvalue weighted by atomic mass is 10.1. The summed E-state index contributed by atoms with van der Waals surface area (Å²) in [7, 11) is 0. The van der Waals surface area contributed by atoms with Crippen molar-refractivity contribution >= 4 is 16.7 Å². The Hall–Kier alpha value is -2.07. The van der Waals surface area contributed by atoms with E-state index in [2.05, 4.69) is 56.3 Å². The topological polar surface area (TPSA) is 34.6 Å². The van der Waals surface area contributed by atoms with Crippen LogP contribution in [0, 0.1) is 0 Å². The van der Waals surface area contributed by atoms with Crippen LogP contribution in [-0.2, 0) is 6.42 Å². The number of aromatic amines is 1. The first-order chi connectivity index (χ1) is 11.4. The lowest BCUT2D eigenvalue weighted by molar-refractivity contribution is 0.180. The van der Waals surface area contributed by atoms with Gasteiger partial charge in [-0.15, -0.1) is 0 Å². The first-order valence-electron chi connectivity index (χ1n) is 8.64. The standard InChI is InChI=1S/C19H24N4/c1-2-7-18-17(6-1)16(15-21-18)5-4-10-22-11-13-23(14-12-22)19-8-3-9-20-19/h1-3,6-7,9,15,21H,4-5,8,10-14H2. The highest BCUT2D eigenvalue weighted by Crippen LogP contribution is 2.19. The lowest BCUT2D eigenvalue weighted by Crippen LogP contribution is -2.48. The van der Waals surface area contributed by atoms with Gasteiger partial charge >= 0.3 is 0 Å². The molecule has 1 aromatic heterocycles. The van der Waals surface area contributed by atoms with E-state index in [1.165, 1.54) is 35.3 Å². The number of benzene rings is 1. The normalized spacial score (nSPS) is 18.8. The average molecular weight is 308 g/mol. The molecule has 0 atom stereocenters. The molecule has 120 valence electrons. The van der Waals surface area contributed by atoms with E-state index in [1.54, 1.807) is 0 Å². The van der Waals surface area contributed by atoms with Crippen molar-refractivity contribution in [1.82, 2.24) is 14.8 Å². The zero-order valence-electron chi connectivity index (χ0n) is 13.5. The third kappa shape index (κ3) is 3.17. The number of piperazine rings is 1. The van der Waals surface area contributed by atoms with Gasteiger partial charge in [-0.2, -0.15) is 0 Å². The SMILES string of the molecule is C1=CN=C(N2CCN(CCCc3c[nH]c4ccccc34)CC2)C1. The van der Waals surface area contributed by atoms with Crippen molar-refractivity contribution < 1.29 is 0 Å². The van der Waals surface area contributed by atoms with Gasteiger partial charge in [0.1, 0.15) is 5.84 Å². The molecule has 1 aromatic carbocycles. The van der Waals surface area contributed by atoms with Crippen molar-refractivity contribution in [2.75, 3.05) is 32.7 Å². The van der Waals surface area contributed by atoms with Gasteiger partial charge < -0.3 is 9.88 Å². The molecule has 23 heavy (non-hydrogen) atoms. The van der Waals surface area contributed by atoms with E-state index < -0.39 is 0 Å². The van der Waals surface area contributed by atoms with Crippen LogP contribution in [0.3, 0.4) is 0 Å². The maximum atomic E-state index is 4.45. The van der Waals surface area contributed by atoms with Gasteiger partial charge in [0, 0.05) is 55.9 Å². The molecule has 1 N–H and O–H groups in total. The number of fused-ring (bicyclic) bond motifs is 1. The zero-order chi connectivity index (χ0) is 15.5. The summed E-state index contributed by atoms with van der Waals surface area (Å²) in [6, 6.07) is 8.58. The van der Waals surface area contributed by atoms with Crippen LogP contribution in [-0.4, -0.2) is 53.3 Å².